The van der Waals surface area contributed by atoms with E-state index in [1.165, 1.54) is 12.3 Å². The van der Waals surface area contributed by atoms with E-state index in [2.05, 4.69) is 11.9 Å². The monoisotopic (exact) mass is 243 g/mol. The molecule has 92 valence electrons. The topological polar surface area (TPSA) is 30.0 Å². The van der Waals surface area contributed by atoms with Crippen LogP contribution in [0.15, 0.2) is 42.6 Å². The highest BCUT2D eigenvalue weighted by Crippen LogP contribution is 2.23. The Morgan fingerprint density at radius 3 is 2.72 bits per heavy atom. The molecule has 0 fully saturated rings. The highest BCUT2D eigenvalue weighted by atomic mass is 19.1. The van der Waals surface area contributed by atoms with E-state index >= 15 is 0 Å². The fourth-order valence-electron chi connectivity index (χ4n) is 1.97. The van der Waals surface area contributed by atoms with Gasteiger partial charge in [-0.15, -0.1) is 0 Å². The molecule has 0 bridgehead atoms. The summed E-state index contributed by atoms with van der Waals surface area (Å²) in [4.78, 5) is 14.8. The Morgan fingerprint density at radius 2 is 2.06 bits per heavy atom. The highest BCUT2D eigenvalue weighted by Gasteiger charge is 2.14. The Bertz CT molecular complexity index is 554. The molecule has 0 aliphatic heterocycles. The van der Waals surface area contributed by atoms with Crippen LogP contribution in [-0.2, 0) is 11.2 Å². The van der Waals surface area contributed by atoms with Crippen LogP contribution in [-0.4, -0.2) is 11.3 Å². The zero-order valence-corrected chi connectivity index (χ0v) is 10.1. The summed E-state index contributed by atoms with van der Waals surface area (Å²) in [6, 6.07) is 10.8. The Kier molecular flexibility index (Phi) is 3.82. The van der Waals surface area contributed by atoms with Crippen LogP contribution in [0.1, 0.15) is 29.5 Å². The molecule has 0 amide bonds. The average molecular weight is 243 g/mol. The second-order valence-electron chi connectivity index (χ2n) is 4.12. The molecule has 18 heavy (non-hydrogen) atoms. The molecule has 0 saturated carbocycles. The number of hydrogen-bond acceptors (Lipinski definition) is 2. The number of carbonyl (C=O) groups is 1. The Hall–Kier alpha value is -2.03. The van der Waals surface area contributed by atoms with Gasteiger partial charge in [-0.2, -0.15) is 4.39 Å². The van der Waals surface area contributed by atoms with Crippen LogP contribution in [0.5, 0.6) is 0 Å². The number of aldehydes is 1. The maximum atomic E-state index is 13.1. The van der Waals surface area contributed by atoms with E-state index in [0.29, 0.717) is 5.56 Å². The number of nitrogens with zero attached hydrogens (tertiary/aromatic N) is 1. The standard InChI is InChI=1S/C15H14FNO/c1-2-11-4-3-5-12(8-11)14(10-18)13-6-7-17-15(16)9-13/h3-10,14H,2H2,1H3. The van der Waals surface area contributed by atoms with Crippen molar-refractivity contribution >= 4 is 6.29 Å². The summed E-state index contributed by atoms with van der Waals surface area (Å²) in [7, 11) is 0. The third kappa shape index (κ3) is 2.62. The van der Waals surface area contributed by atoms with E-state index in [1.54, 1.807) is 6.07 Å². The Balaban J connectivity index is 2.41. The van der Waals surface area contributed by atoms with Gasteiger partial charge in [-0.3, -0.25) is 0 Å². The van der Waals surface area contributed by atoms with Gasteiger partial charge >= 0.3 is 0 Å². The fourth-order valence-corrected chi connectivity index (χ4v) is 1.97. The first-order valence-corrected chi connectivity index (χ1v) is 5.90. The van der Waals surface area contributed by atoms with Gasteiger partial charge in [0.2, 0.25) is 5.95 Å². The smallest absolute Gasteiger partial charge is 0.213 e. The van der Waals surface area contributed by atoms with Crippen molar-refractivity contribution in [3.63, 3.8) is 0 Å². The summed E-state index contributed by atoms with van der Waals surface area (Å²) in [6.07, 6.45) is 3.12. The second kappa shape index (κ2) is 5.54. The zero-order valence-electron chi connectivity index (χ0n) is 10.1. The van der Waals surface area contributed by atoms with Crippen LogP contribution in [0, 0.1) is 5.95 Å². The maximum Gasteiger partial charge on any atom is 0.213 e. The lowest BCUT2D eigenvalue weighted by atomic mass is 9.92. The summed E-state index contributed by atoms with van der Waals surface area (Å²) in [5, 5.41) is 0. The van der Waals surface area contributed by atoms with E-state index in [0.717, 1.165) is 23.8 Å². The third-order valence-electron chi connectivity index (χ3n) is 2.96. The van der Waals surface area contributed by atoms with Crippen LogP contribution < -0.4 is 0 Å². The number of halogens is 1. The van der Waals surface area contributed by atoms with Crippen LogP contribution in [0.2, 0.25) is 0 Å². The molecule has 2 rings (SSSR count). The molecule has 0 aliphatic rings. The molecule has 2 aromatic rings. The first-order valence-electron chi connectivity index (χ1n) is 5.90. The summed E-state index contributed by atoms with van der Waals surface area (Å²) in [6.45, 7) is 2.06. The van der Waals surface area contributed by atoms with Crippen molar-refractivity contribution in [1.29, 1.82) is 0 Å². The maximum absolute atomic E-state index is 13.1. The van der Waals surface area contributed by atoms with Gasteiger partial charge in [0.05, 0.1) is 5.92 Å². The lowest BCUT2D eigenvalue weighted by molar-refractivity contribution is -0.108. The molecule has 0 saturated heterocycles. The number of benzene rings is 1. The Morgan fingerprint density at radius 1 is 1.28 bits per heavy atom. The lowest BCUT2D eigenvalue weighted by Crippen LogP contribution is -2.04. The van der Waals surface area contributed by atoms with E-state index in [9.17, 15) is 9.18 Å². The van der Waals surface area contributed by atoms with Gasteiger partial charge in [0.1, 0.15) is 6.29 Å². The van der Waals surface area contributed by atoms with Gasteiger partial charge in [-0.05, 0) is 35.2 Å². The number of pyridine rings is 1. The molecule has 1 aromatic carbocycles. The minimum absolute atomic E-state index is 0.436. The Labute approximate surface area is 105 Å². The van der Waals surface area contributed by atoms with Crippen LogP contribution >= 0.6 is 0 Å². The predicted octanol–water partition coefficient (Wildman–Crippen LogP) is 3.11. The number of aromatic nitrogens is 1. The van der Waals surface area contributed by atoms with E-state index in [4.69, 9.17) is 0 Å². The quantitative estimate of drug-likeness (QED) is 0.610. The zero-order chi connectivity index (χ0) is 13.0. The van der Waals surface area contributed by atoms with Gasteiger partial charge in [0, 0.05) is 6.20 Å². The largest absolute Gasteiger partial charge is 0.302 e. The molecule has 0 aliphatic carbocycles. The summed E-state index contributed by atoms with van der Waals surface area (Å²) in [5.74, 6) is -1.00. The minimum Gasteiger partial charge on any atom is -0.302 e. The van der Waals surface area contributed by atoms with Gasteiger partial charge in [0.15, 0.2) is 0 Å². The van der Waals surface area contributed by atoms with Crippen molar-refractivity contribution in [2.75, 3.05) is 0 Å². The van der Waals surface area contributed by atoms with Crippen LogP contribution in [0.25, 0.3) is 0 Å². The molecule has 1 heterocycles. The summed E-state index contributed by atoms with van der Waals surface area (Å²) < 4.78 is 13.1. The average Bonchev–Trinajstić information content (AvgIpc) is 2.40. The number of carbonyl (C=O) groups excluding carboxylic acids is 1. The van der Waals surface area contributed by atoms with E-state index in [1.807, 2.05) is 24.3 Å². The van der Waals surface area contributed by atoms with Gasteiger partial charge < -0.3 is 4.79 Å². The molecule has 0 radical (unpaired) electrons. The lowest BCUT2D eigenvalue weighted by Gasteiger charge is -2.12. The molecule has 1 atom stereocenters. The molecule has 3 heteroatoms. The minimum atomic E-state index is -0.564. The second-order valence-corrected chi connectivity index (χ2v) is 4.12. The van der Waals surface area contributed by atoms with Crippen molar-refractivity contribution in [3.05, 3.63) is 65.2 Å². The number of rotatable bonds is 4. The summed E-state index contributed by atoms with van der Waals surface area (Å²) >= 11 is 0. The third-order valence-corrected chi connectivity index (χ3v) is 2.96. The fraction of sp³-hybridized carbons (Fsp3) is 0.200. The normalized spacial score (nSPS) is 12.1. The van der Waals surface area contributed by atoms with Crippen LogP contribution in [0.4, 0.5) is 4.39 Å². The molecule has 0 N–H and O–H groups in total. The van der Waals surface area contributed by atoms with Crippen molar-refractivity contribution < 1.29 is 9.18 Å². The predicted molar refractivity (Wildman–Crippen MR) is 67.9 cm³/mol. The molecular weight excluding hydrogens is 229 g/mol. The van der Waals surface area contributed by atoms with E-state index < -0.39 is 11.9 Å². The first-order chi connectivity index (χ1) is 8.74. The van der Waals surface area contributed by atoms with Crippen molar-refractivity contribution in [3.8, 4) is 0 Å². The van der Waals surface area contributed by atoms with Gasteiger partial charge in [-0.1, -0.05) is 31.2 Å². The molecule has 1 unspecified atom stereocenters. The number of aryl methyl sites for hydroxylation is 1. The SMILES string of the molecule is CCc1cccc(C(C=O)c2ccnc(F)c2)c1. The van der Waals surface area contributed by atoms with Crippen molar-refractivity contribution in [1.82, 2.24) is 4.98 Å². The first kappa shape index (κ1) is 12.4. The van der Waals surface area contributed by atoms with Crippen molar-refractivity contribution in [2.24, 2.45) is 0 Å². The molecular formula is C15H14FNO. The van der Waals surface area contributed by atoms with E-state index in [-0.39, 0.29) is 0 Å². The van der Waals surface area contributed by atoms with Gasteiger partial charge in [0.25, 0.3) is 0 Å². The van der Waals surface area contributed by atoms with Gasteiger partial charge in [-0.25, -0.2) is 4.98 Å². The number of hydrogen-bond donors (Lipinski definition) is 0. The molecule has 1 aromatic heterocycles. The van der Waals surface area contributed by atoms with Crippen LogP contribution in [0.3, 0.4) is 0 Å². The van der Waals surface area contributed by atoms with Crippen molar-refractivity contribution in [2.45, 2.75) is 19.3 Å². The highest BCUT2D eigenvalue weighted by molar-refractivity contribution is 5.68. The summed E-state index contributed by atoms with van der Waals surface area (Å²) in [5.41, 5.74) is 2.68. The molecule has 2 nitrogen and oxygen atoms in total. The molecule has 0 spiro atoms.